The molecule has 20 heavy (non-hydrogen) atoms. The number of likely N-dealkylation sites (N-methyl/N-ethyl adjacent to an activating group) is 1. The fourth-order valence-electron chi connectivity index (χ4n) is 1.77. The fraction of sp³-hybridized carbons (Fsp3) is 0.429. The third-order valence-electron chi connectivity index (χ3n) is 2.75. The van der Waals surface area contributed by atoms with Crippen molar-refractivity contribution in [1.82, 2.24) is 10.2 Å². The minimum absolute atomic E-state index is 0.0112. The van der Waals surface area contributed by atoms with Gasteiger partial charge in [0.1, 0.15) is 0 Å². The van der Waals surface area contributed by atoms with Crippen LogP contribution >= 0.6 is 0 Å². The van der Waals surface area contributed by atoms with E-state index in [0.717, 1.165) is 0 Å². The molecule has 0 heterocycles. The maximum absolute atomic E-state index is 12.3. The van der Waals surface area contributed by atoms with Crippen molar-refractivity contribution in [2.75, 3.05) is 18.8 Å². The molecule has 2 amide bonds. The van der Waals surface area contributed by atoms with E-state index in [2.05, 4.69) is 5.32 Å². The van der Waals surface area contributed by atoms with Crippen LogP contribution in [-0.4, -0.2) is 41.0 Å². The van der Waals surface area contributed by atoms with E-state index in [-0.39, 0.29) is 35.5 Å². The van der Waals surface area contributed by atoms with E-state index in [9.17, 15) is 14.7 Å². The average molecular weight is 279 g/mol. The molecule has 6 heteroatoms. The maximum Gasteiger partial charge on any atom is 0.258 e. The lowest BCUT2D eigenvalue weighted by atomic mass is 10.1. The average Bonchev–Trinajstić information content (AvgIpc) is 2.37. The standard InChI is InChI=1S/C14H21N3O3/c1-4-17(8-12(18)16-9(2)3)14(20)10-6-5-7-11(15)13(10)19/h5-7,9,19H,4,8,15H2,1-3H3,(H,16,18). The summed E-state index contributed by atoms with van der Waals surface area (Å²) in [5, 5.41) is 12.5. The predicted octanol–water partition coefficient (Wildman–Crippen LogP) is 0.961. The highest BCUT2D eigenvalue weighted by molar-refractivity contribution is 6.00. The number of amides is 2. The molecule has 0 saturated heterocycles. The van der Waals surface area contributed by atoms with Crippen LogP contribution in [0.4, 0.5) is 5.69 Å². The summed E-state index contributed by atoms with van der Waals surface area (Å²) in [6.07, 6.45) is 0. The molecular formula is C14H21N3O3. The molecule has 6 nitrogen and oxygen atoms in total. The van der Waals surface area contributed by atoms with Gasteiger partial charge in [-0.15, -0.1) is 0 Å². The number of phenolic OH excluding ortho intramolecular Hbond substituents is 1. The number of carbonyl (C=O) groups is 2. The fourth-order valence-corrected chi connectivity index (χ4v) is 1.77. The van der Waals surface area contributed by atoms with Gasteiger partial charge in [0.25, 0.3) is 5.91 Å². The smallest absolute Gasteiger partial charge is 0.258 e. The van der Waals surface area contributed by atoms with Crippen molar-refractivity contribution >= 4 is 17.5 Å². The number of aromatic hydroxyl groups is 1. The molecule has 1 aromatic carbocycles. The number of nitrogens with two attached hydrogens (primary N) is 1. The topological polar surface area (TPSA) is 95.7 Å². The Kier molecular flexibility index (Phi) is 5.37. The summed E-state index contributed by atoms with van der Waals surface area (Å²) in [5.74, 6) is -0.907. The zero-order chi connectivity index (χ0) is 15.3. The van der Waals surface area contributed by atoms with Gasteiger partial charge in [-0.25, -0.2) is 0 Å². The number of nitrogens with zero attached hydrogens (tertiary/aromatic N) is 1. The van der Waals surface area contributed by atoms with Crippen LogP contribution in [0, 0.1) is 0 Å². The van der Waals surface area contributed by atoms with Gasteiger partial charge in [-0.1, -0.05) is 6.07 Å². The molecule has 0 aliphatic rings. The molecule has 0 radical (unpaired) electrons. The van der Waals surface area contributed by atoms with E-state index in [4.69, 9.17) is 5.73 Å². The zero-order valence-electron chi connectivity index (χ0n) is 12.0. The second-order valence-electron chi connectivity index (χ2n) is 4.78. The first-order valence-electron chi connectivity index (χ1n) is 6.52. The highest BCUT2D eigenvalue weighted by atomic mass is 16.3. The quantitative estimate of drug-likeness (QED) is 0.552. The summed E-state index contributed by atoms with van der Waals surface area (Å²) in [7, 11) is 0. The molecule has 0 atom stereocenters. The van der Waals surface area contributed by atoms with Crippen molar-refractivity contribution < 1.29 is 14.7 Å². The lowest BCUT2D eigenvalue weighted by molar-refractivity contribution is -0.122. The first kappa shape index (κ1) is 15.8. The molecule has 0 aliphatic carbocycles. The third kappa shape index (κ3) is 3.88. The predicted molar refractivity (Wildman–Crippen MR) is 77.4 cm³/mol. The van der Waals surface area contributed by atoms with Crippen LogP contribution in [0.3, 0.4) is 0 Å². The highest BCUT2D eigenvalue weighted by Crippen LogP contribution is 2.25. The van der Waals surface area contributed by atoms with Gasteiger partial charge < -0.3 is 21.1 Å². The SMILES string of the molecule is CCN(CC(=O)NC(C)C)C(=O)c1cccc(N)c1O. The van der Waals surface area contributed by atoms with Gasteiger partial charge in [0.15, 0.2) is 5.75 Å². The summed E-state index contributed by atoms with van der Waals surface area (Å²) in [4.78, 5) is 25.4. The number of para-hydroxylation sites is 1. The van der Waals surface area contributed by atoms with Crippen LogP contribution in [0.25, 0.3) is 0 Å². The van der Waals surface area contributed by atoms with Crippen molar-refractivity contribution in [3.8, 4) is 5.75 Å². The Morgan fingerprint density at radius 2 is 2.05 bits per heavy atom. The van der Waals surface area contributed by atoms with E-state index >= 15 is 0 Å². The highest BCUT2D eigenvalue weighted by Gasteiger charge is 2.21. The molecule has 0 spiro atoms. The molecule has 0 fully saturated rings. The Balaban J connectivity index is 2.87. The molecule has 1 rings (SSSR count). The largest absolute Gasteiger partial charge is 0.505 e. The summed E-state index contributed by atoms with van der Waals surface area (Å²) in [6.45, 7) is 5.77. The van der Waals surface area contributed by atoms with Crippen LogP contribution < -0.4 is 11.1 Å². The van der Waals surface area contributed by atoms with Crippen LogP contribution in [0.2, 0.25) is 0 Å². The molecule has 4 N–H and O–H groups in total. The Morgan fingerprint density at radius 3 is 2.60 bits per heavy atom. The van der Waals surface area contributed by atoms with Gasteiger partial charge in [-0.05, 0) is 32.9 Å². The number of carbonyl (C=O) groups excluding carboxylic acids is 2. The van der Waals surface area contributed by atoms with Crippen LogP contribution in [0.15, 0.2) is 18.2 Å². The van der Waals surface area contributed by atoms with Crippen molar-refractivity contribution in [2.45, 2.75) is 26.8 Å². The number of nitrogen functional groups attached to an aromatic ring is 1. The third-order valence-corrected chi connectivity index (χ3v) is 2.75. The number of benzene rings is 1. The molecule has 110 valence electrons. The van der Waals surface area contributed by atoms with E-state index in [1.165, 1.54) is 17.0 Å². The van der Waals surface area contributed by atoms with Gasteiger partial charge in [-0.2, -0.15) is 0 Å². The zero-order valence-corrected chi connectivity index (χ0v) is 12.0. The minimum Gasteiger partial charge on any atom is -0.505 e. The Bertz CT molecular complexity index is 500. The van der Waals surface area contributed by atoms with E-state index in [1.807, 2.05) is 13.8 Å². The number of hydrogen-bond donors (Lipinski definition) is 3. The van der Waals surface area contributed by atoms with E-state index in [1.54, 1.807) is 13.0 Å². The summed E-state index contributed by atoms with van der Waals surface area (Å²) < 4.78 is 0. The van der Waals surface area contributed by atoms with Crippen molar-refractivity contribution in [3.05, 3.63) is 23.8 Å². The molecular weight excluding hydrogens is 258 g/mol. The second-order valence-corrected chi connectivity index (χ2v) is 4.78. The molecule has 0 aromatic heterocycles. The number of hydrogen-bond acceptors (Lipinski definition) is 4. The van der Waals surface area contributed by atoms with Gasteiger partial charge >= 0.3 is 0 Å². The Morgan fingerprint density at radius 1 is 1.40 bits per heavy atom. The van der Waals surface area contributed by atoms with Gasteiger partial charge in [-0.3, -0.25) is 9.59 Å². The summed E-state index contributed by atoms with van der Waals surface area (Å²) in [5.41, 5.74) is 5.81. The maximum atomic E-state index is 12.3. The Hall–Kier alpha value is -2.24. The first-order valence-corrected chi connectivity index (χ1v) is 6.52. The molecule has 0 saturated carbocycles. The van der Waals surface area contributed by atoms with Crippen molar-refractivity contribution in [2.24, 2.45) is 0 Å². The number of rotatable bonds is 5. The van der Waals surface area contributed by atoms with Crippen LogP contribution in [0.5, 0.6) is 5.75 Å². The normalized spacial score (nSPS) is 10.4. The van der Waals surface area contributed by atoms with Gasteiger partial charge in [0.2, 0.25) is 5.91 Å². The van der Waals surface area contributed by atoms with Gasteiger partial charge in [0.05, 0.1) is 17.8 Å². The Labute approximate surface area is 118 Å². The molecule has 0 unspecified atom stereocenters. The van der Waals surface area contributed by atoms with E-state index in [0.29, 0.717) is 6.54 Å². The van der Waals surface area contributed by atoms with Crippen LogP contribution in [0.1, 0.15) is 31.1 Å². The molecule has 0 aliphatic heterocycles. The lowest BCUT2D eigenvalue weighted by Gasteiger charge is -2.21. The van der Waals surface area contributed by atoms with Gasteiger partial charge in [0, 0.05) is 12.6 Å². The molecule has 1 aromatic rings. The minimum atomic E-state index is -0.420. The monoisotopic (exact) mass is 279 g/mol. The number of phenols is 1. The van der Waals surface area contributed by atoms with Crippen molar-refractivity contribution in [3.63, 3.8) is 0 Å². The second kappa shape index (κ2) is 6.79. The van der Waals surface area contributed by atoms with Crippen molar-refractivity contribution in [1.29, 1.82) is 0 Å². The van der Waals surface area contributed by atoms with Crippen LogP contribution in [-0.2, 0) is 4.79 Å². The summed E-state index contributed by atoms with van der Waals surface area (Å²) >= 11 is 0. The van der Waals surface area contributed by atoms with E-state index < -0.39 is 5.91 Å². The lowest BCUT2D eigenvalue weighted by Crippen LogP contribution is -2.42. The number of anilines is 1. The summed E-state index contributed by atoms with van der Waals surface area (Å²) in [6, 6.07) is 4.59. The first-order chi connectivity index (χ1) is 9.36. The molecule has 0 bridgehead atoms. The number of nitrogens with one attached hydrogen (secondary N) is 1.